The maximum absolute atomic E-state index is 12.2. The first kappa shape index (κ1) is 9.40. The molecule has 2 aliphatic carbocycles. The third-order valence-electron chi connectivity index (χ3n) is 4.13. The quantitative estimate of drug-likeness (QED) is 0.644. The van der Waals surface area contributed by atoms with Crippen LogP contribution in [-0.2, 0) is 4.79 Å². The normalized spacial score (nSPS) is 42.9. The summed E-state index contributed by atoms with van der Waals surface area (Å²) < 4.78 is 0. The lowest BCUT2D eigenvalue weighted by Crippen LogP contribution is -2.37. The van der Waals surface area contributed by atoms with E-state index in [9.17, 15) is 4.79 Å². The highest BCUT2D eigenvalue weighted by atomic mass is 16.2. The van der Waals surface area contributed by atoms with E-state index in [4.69, 9.17) is 5.73 Å². The van der Waals surface area contributed by atoms with E-state index in [0.29, 0.717) is 17.7 Å². The summed E-state index contributed by atoms with van der Waals surface area (Å²) in [4.78, 5) is 14.2. The third-order valence-corrected chi connectivity index (χ3v) is 4.13. The zero-order valence-corrected chi connectivity index (χ0v) is 8.93. The molecule has 3 aliphatic rings. The summed E-state index contributed by atoms with van der Waals surface area (Å²) in [5, 5.41) is 0. The number of allylic oxidation sites excluding steroid dienone is 2. The number of nitrogens with zero attached hydrogens (tertiary/aromatic N) is 1. The molecule has 1 heterocycles. The average Bonchev–Trinajstić information content (AvgIpc) is 2.90. The molecule has 1 saturated carbocycles. The number of carbonyl (C=O) groups is 1. The van der Waals surface area contributed by atoms with Crippen molar-refractivity contribution in [2.24, 2.45) is 23.5 Å². The molecule has 15 heavy (non-hydrogen) atoms. The number of nitrogens with two attached hydrogens (primary N) is 1. The van der Waals surface area contributed by atoms with E-state index in [1.165, 1.54) is 6.42 Å². The lowest BCUT2D eigenvalue weighted by Gasteiger charge is -2.24. The van der Waals surface area contributed by atoms with E-state index in [-0.39, 0.29) is 12.0 Å². The SMILES string of the molecule is N[C@H]1CCN(C(=O)C2CC3C=CC2C3)C1. The molecule has 3 heteroatoms. The molecule has 82 valence electrons. The summed E-state index contributed by atoms with van der Waals surface area (Å²) in [6, 6.07) is 0.211. The molecule has 0 aromatic carbocycles. The highest BCUT2D eigenvalue weighted by Gasteiger charge is 2.42. The summed E-state index contributed by atoms with van der Waals surface area (Å²) in [5.74, 6) is 1.84. The van der Waals surface area contributed by atoms with Crippen LogP contribution in [0.2, 0.25) is 0 Å². The van der Waals surface area contributed by atoms with Crippen molar-refractivity contribution in [1.29, 1.82) is 0 Å². The highest BCUT2D eigenvalue weighted by molar-refractivity contribution is 5.80. The second kappa shape index (κ2) is 3.34. The van der Waals surface area contributed by atoms with Crippen molar-refractivity contribution in [3.8, 4) is 0 Å². The van der Waals surface area contributed by atoms with Gasteiger partial charge in [0.05, 0.1) is 0 Å². The summed E-state index contributed by atoms with van der Waals surface area (Å²) >= 11 is 0. The maximum atomic E-state index is 12.2. The molecule has 0 aromatic heterocycles. The first-order chi connectivity index (χ1) is 7.24. The first-order valence-electron chi connectivity index (χ1n) is 5.97. The summed E-state index contributed by atoms with van der Waals surface area (Å²) in [6.45, 7) is 1.65. The molecule has 0 spiro atoms. The minimum absolute atomic E-state index is 0.211. The fraction of sp³-hybridized carbons (Fsp3) is 0.750. The second-order valence-corrected chi connectivity index (χ2v) is 5.22. The minimum atomic E-state index is 0.211. The average molecular weight is 206 g/mol. The molecule has 2 bridgehead atoms. The van der Waals surface area contributed by atoms with Gasteiger partial charge in [0.25, 0.3) is 0 Å². The predicted octanol–water partition coefficient (Wildman–Crippen LogP) is 0.758. The monoisotopic (exact) mass is 206 g/mol. The Morgan fingerprint density at radius 1 is 1.33 bits per heavy atom. The van der Waals surface area contributed by atoms with Crippen LogP contribution in [0.4, 0.5) is 0 Å². The van der Waals surface area contributed by atoms with Gasteiger partial charge in [0.1, 0.15) is 0 Å². The van der Waals surface area contributed by atoms with Gasteiger partial charge in [0, 0.05) is 25.0 Å². The second-order valence-electron chi connectivity index (χ2n) is 5.22. The number of fused-ring (bicyclic) bond motifs is 2. The topological polar surface area (TPSA) is 46.3 Å². The Kier molecular flexibility index (Phi) is 2.09. The number of hydrogen-bond donors (Lipinski definition) is 1. The highest BCUT2D eigenvalue weighted by Crippen LogP contribution is 2.44. The van der Waals surface area contributed by atoms with Crippen LogP contribution in [0.15, 0.2) is 12.2 Å². The van der Waals surface area contributed by atoms with Gasteiger partial charge in [0.2, 0.25) is 5.91 Å². The first-order valence-corrected chi connectivity index (χ1v) is 5.97. The van der Waals surface area contributed by atoms with Crippen LogP contribution >= 0.6 is 0 Å². The Morgan fingerprint density at radius 2 is 2.20 bits per heavy atom. The standard InChI is InChI=1S/C12H18N2O/c13-10-3-4-14(7-10)12(15)11-6-8-1-2-9(11)5-8/h1-2,8-11H,3-7,13H2/t8?,9?,10-,11?/m0/s1. The van der Waals surface area contributed by atoms with Gasteiger partial charge in [-0.1, -0.05) is 12.2 Å². The number of likely N-dealkylation sites (tertiary alicyclic amines) is 1. The van der Waals surface area contributed by atoms with Gasteiger partial charge in [-0.05, 0) is 31.1 Å². The molecule has 3 nitrogen and oxygen atoms in total. The number of hydrogen-bond acceptors (Lipinski definition) is 2. The molecule has 1 aliphatic heterocycles. The zero-order valence-electron chi connectivity index (χ0n) is 8.93. The van der Waals surface area contributed by atoms with Crippen LogP contribution < -0.4 is 5.73 Å². The van der Waals surface area contributed by atoms with Gasteiger partial charge < -0.3 is 10.6 Å². The largest absolute Gasteiger partial charge is 0.341 e. The summed E-state index contributed by atoms with van der Waals surface area (Å²) in [7, 11) is 0. The van der Waals surface area contributed by atoms with Crippen molar-refractivity contribution in [1.82, 2.24) is 4.90 Å². The number of carbonyl (C=O) groups excluding carboxylic acids is 1. The smallest absolute Gasteiger partial charge is 0.226 e. The van der Waals surface area contributed by atoms with E-state index in [2.05, 4.69) is 12.2 Å². The van der Waals surface area contributed by atoms with Crippen LogP contribution in [0.3, 0.4) is 0 Å². The lowest BCUT2D eigenvalue weighted by molar-refractivity contribution is -0.135. The van der Waals surface area contributed by atoms with E-state index >= 15 is 0 Å². The van der Waals surface area contributed by atoms with E-state index in [1.54, 1.807) is 0 Å². The Morgan fingerprint density at radius 3 is 2.73 bits per heavy atom. The van der Waals surface area contributed by atoms with Gasteiger partial charge in [-0.2, -0.15) is 0 Å². The van der Waals surface area contributed by atoms with E-state index < -0.39 is 0 Å². The van der Waals surface area contributed by atoms with Gasteiger partial charge >= 0.3 is 0 Å². The molecule has 4 atom stereocenters. The third kappa shape index (κ3) is 1.49. The Labute approximate surface area is 90.3 Å². The van der Waals surface area contributed by atoms with Gasteiger partial charge in [-0.15, -0.1) is 0 Å². The molecule has 0 radical (unpaired) electrons. The van der Waals surface area contributed by atoms with Crippen molar-refractivity contribution in [3.05, 3.63) is 12.2 Å². The fourth-order valence-corrected chi connectivity index (χ4v) is 3.29. The number of amides is 1. The Bertz CT molecular complexity index is 313. The van der Waals surface area contributed by atoms with E-state index in [0.717, 1.165) is 25.9 Å². The summed E-state index contributed by atoms with van der Waals surface area (Å²) in [5.41, 5.74) is 5.83. The van der Waals surface area contributed by atoms with Gasteiger partial charge in [-0.3, -0.25) is 4.79 Å². The van der Waals surface area contributed by atoms with Crippen molar-refractivity contribution >= 4 is 5.91 Å². The molecule has 0 aromatic rings. The van der Waals surface area contributed by atoms with Crippen LogP contribution in [-0.4, -0.2) is 29.9 Å². The zero-order chi connectivity index (χ0) is 10.4. The molecular weight excluding hydrogens is 188 g/mol. The molecular formula is C12H18N2O. The molecule has 3 rings (SSSR count). The molecule has 1 saturated heterocycles. The van der Waals surface area contributed by atoms with Crippen molar-refractivity contribution in [2.75, 3.05) is 13.1 Å². The van der Waals surface area contributed by atoms with Crippen LogP contribution in [0.25, 0.3) is 0 Å². The molecule has 3 unspecified atom stereocenters. The van der Waals surface area contributed by atoms with Crippen LogP contribution in [0, 0.1) is 17.8 Å². The van der Waals surface area contributed by atoms with Gasteiger partial charge in [0.15, 0.2) is 0 Å². The molecule has 2 N–H and O–H groups in total. The lowest BCUT2D eigenvalue weighted by atomic mass is 9.92. The van der Waals surface area contributed by atoms with Crippen molar-refractivity contribution in [2.45, 2.75) is 25.3 Å². The van der Waals surface area contributed by atoms with E-state index in [1.807, 2.05) is 4.90 Å². The number of rotatable bonds is 1. The fourth-order valence-electron chi connectivity index (χ4n) is 3.29. The summed E-state index contributed by atoms with van der Waals surface area (Å²) in [6.07, 6.45) is 7.78. The van der Waals surface area contributed by atoms with Gasteiger partial charge in [-0.25, -0.2) is 0 Å². The van der Waals surface area contributed by atoms with Crippen LogP contribution in [0.1, 0.15) is 19.3 Å². The maximum Gasteiger partial charge on any atom is 0.226 e. The van der Waals surface area contributed by atoms with Crippen molar-refractivity contribution in [3.63, 3.8) is 0 Å². The molecule has 1 amide bonds. The predicted molar refractivity (Wildman–Crippen MR) is 58.0 cm³/mol. The Balaban J connectivity index is 1.68. The Hall–Kier alpha value is -0.830. The molecule has 2 fully saturated rings. The van der Waals surface area contributed by atoms with Crippen molar-refractivity contribution < 1.29 is 4.79 Å². The minimum Gasteiger partial charge on any atom is -0.341 e. The van der Waals surface area contributed by atoms with Crippen LogP contribution in [0.5, 0.6) is 0 Å².